The highest BCUT2D eigenvalue weighted by atomic mass is 16.5. The molecule has 0 spiro atoms. The second kappa shape index (κ2) is 7.23. The molecule has 0 aliphatic rings. The predicted molar refractivity (Wildman–Crippen MR) is 63.0 cm³/mol. The Hall–Kier alpha value is -1.09. The van der Waals surface area contributed by atoms with Crippen LogP contribution < -0.4 is 5.32 Å². The van der Waals surface area contributed by atoms with Crippen LogP contribution in [-0.4, -0.2) is 24.7 Å². The average Bonchev–Trinajstić information content (AvgIpc) is 2.24. The Labute approximate surface area is 91.9 Å². The molecule has 0 bridgehead atoms. The first-order valence-electron chi connectivity index (χ1n) is 5.50. The molecule has 0 saturated carbocycles. The van der Waals surface area contributed by atoms with Gasteiger partial charge < -0.3 is 10.1 Å². The van der Waals surface area contributed by atoms with E-state index in [1.807, 2.05) is 12.1 Å². The SMILES string of the molecule is CC(C)CCOCCNc1ccncc1. The van der Waals surface area contributed by atoms with Gasteiger partial charge in [0.1, 0.15) is 0 Å². The maximum Gasteiger partial charge on any atom is 0.0639 e. The number of nitrogens with one attached hydrogen (secondary N) is 1. The number of ether oxygens (including phenoxy) is 1. The summed E-state index contributed by atoms with van der Waals surface area (Å²) in [5.74, 6) is 0.721. The Morgan fingerprint density at radius 2 is 2.00 bits per heavy atom. The molecule has 0 unspecified atom stereocenters. The standard InChI is InChI=1S/C12H20N2O/c1-11(2)5-9-15-10-8-14-12-3-6-13-7-4-12/h3-4,6-7,11H,5,8-10H2,1-2H3,(H,13,14). The number of anilines is 1. The molecule has 0 aliphatic carbocycles. The summed E-state index contributed by atoms with van der Waals surface area (Å²) in [5.41, 5.74) is 1.09. The molecule has 15 heavy (non-hydrogen) atoms. The van der Waals surface area contributed by atoms with Crippen LogP contribution in [0.2, 0.25) is 0 Å². The summed E-state index contributed by atoms with van der Waals surface area (Å²) in [6.07, 6.45) is 4.69. The minimum absolute atomic E-state index is 0.721. The Morgan fingerprint density at radius 1 is 1.27 bits per heavy atom. The van der Waals surface area contributed by atoms with E-state index in [1.54, 1.807) is 12.4 Å². The second-order valence-corrected chi connectivity index (χ2v) is 3.96. The molecule has 0 aliphatic heterocycles. The van der Waals surface area contributed by atoms with Crippen molar-refractivity contribution >= 4 is 5.69 Å². The maximum atomic E-state index is 5.49. The molecular formula is C12H20N2O. The van der Waals surface area contributed by atoms with Crippen LogP contribution in [0.3, 0.4) is 0 Å². The second-order valence-electron chi connectivity index (χ2n) is 3.96. The van der Waals surface area contributed by atoms with E-state index in [-0.39, 0.29) is 0 Å². The minimum atomic E-state index is 0.721. The summed E-state index contributed by atoms with van der Waals surface area (Å²) in [6.45, 7) is 6.88. The lowest BCUT2D eigenvalue weighted by Crippen LogP contribution is -2.10. The zero-order valence-corrected chi connectivity index (χ0v) is 9.57. The minimum Gasteiger partial charge on any atom is -0.383 e. The molecule has 0 atom stereocenters. The summed E-state index contributed by atoms with van der Waals surface area (Å²) < 4.78 is 5.49. The van der Waals surface area contributed by atoms with E-state index in [1.165, 1.54) is 0 Å². The third-order valence-corrected chi connectivity index (χ3v) is 2.10. The van der Waals surface area contributed by atoms with Gasteiger partial charge >= 0.3 is 0 Å². The Bertz CT molecular complexity index is 249. The summed E-state index contributed by atoms with van der Waals surface area (Å²) in [4.78, 5) is 3.95. The topological polar surface area (TPSA) is 34.1 Å². The highest BCUT2D eigenvalue weighted by Crippen LogP contribution is 2.02. The summed E-state index contributed by atoms with van der Waals surface area (Å²) in [7, 11) is 0. The van der Waals surface area contributed by atoms with Crippen molar-refractivity contribution in [2.24, 2.45) is 5.92 Å². The molecule has 0 fully saturated rings. The predicted octanol–water partition coefficient (Wildman–Crippen LogP) is 2.56. The fraction of sp³-hybridized carbons (Fsp3) is 0.583. The molecule has 0 radical (unpaired) electrons. The molecule has 1 heterocycles. The molecule has 84 valence electrons. The molecule has 3 nitrogen and oxygen atoms in total. The molecule has 1 rings (SSSR count). The van der Waals surface area contributed by atoms with E-state index < -0.39 is 0 Å². The molecule has 0 saturated heterocycles. The highest BCUT2D eigenvalue weighted by molar-refractivity contribution is 5.40. The van der Waals surface area contributed by atoms with Gasteiger partial charge in [-0.1, -0.05) is 13.8 Å². The van der Waals surface area contributed by atoms with Crippen molar-refractivity contribution in [3.8, 4) is 0 Å². The van der Waals surface area contributed by atoms with E-state index in [0.29, 0.717) is 0 Å². The molecule has 1 N–H and O–H groups in total. The van der Waals surface area contributed by atoms with Crippen LogP contribution >= 0.6 is 0 Å². The first-order valence-corrected chi connectivity index (χ1v) is 5.50. The number of hydrogen-bond donors (Lipinski definition) is 1. The first kappa shape index (κ1) is 12.0. The van der Waals surface area contributed by atoms with Crippen LogP contribution in [0.4, 0.5) is 5.69 Å². The molecule has 0 amide bonds. The molecular weight excluding hydrogens is 188 g/mol. The van der Waals surface area contributed by atoms with Gasteiger partial charge in [0.2, 0.25) is 0 Å². The Kier molecular flexibility index (Phi) is 5.78. The summed E-state index contributed by atoms with van der Waals surface area (Å²) >= 11 is 0. The maximum absolute atomic E-state index is 5.49. The zero-order valence-electron chi connectivity index (χ0n) is 9.57. The van der Waals surface area contributed by atoms with Crippen LogP contribution in [0.5, 0.6) is 0 Å². The lowest BCUT2D eigenvalue weighted by Gasteiger charge is -2.08. The van der Waals surface area contributed by atoms with E-state index in [2.05, 4.69) is 24.1 Å². The van der Waals surface area contributed by atoms with Crippen LogP contribution in [-0.2, 0) is 4.74 Å². The zero-order chi connectivity index (χ0) is 10.9. The average molecular weight is 208 g/mol. The lowest BCUT2D eigenvalue weighted by molar-refractivity contribution is 0.132. The lowest BCUT2D eigenvalue weighted by atomic mass is 10.1. The van der Waals surface area contributed by atoms with Gasteiger partial charge in [-0.3, -0.25) is 4.98 Å². The van der Waals surface area contributed by atoms with Crippen molar-refractivity contribution in [3.05, 3.63) is 24.5 Å². The van der Waals surface area contributed by atoms with Gasteiger partial charge in [0.15, 0.2) is 0 Å². The van der Waals surface area contributed by atoms with Gasteiger partial charge in [-0.15, -0.1) is 0 Å². The summed E-state index contributed by atoms with van der Waals surface area (Å²) in [5, 5.41) is 3.27. The van der Waals surface area contributed by atoms with Crippen molar-refractivity contribution in [2.45, 2.75) is 20.3 Å². The normalized spacial score (nSPS) is 10.6. The van der Waals surface area contributed by atoms with Crippen molar-refractivity contribution in [3.63, 3.8) is 0 Å². The van der Waals surface area contributed by atoms with Crippen LogP contribution in [0, 0.1) is 5.92 Å². The number of pyridine rings is 1. The molecule has 1 aromatic rings. The third-order valence-electron chi connectivity index (χ3n) is 2.10. The van der Waals surface area contributed by atoms with Crippen molar-refractivity contribution < 1.29 is 4.74 Å². The van der Waals surface area contributed by atoms with Crippen molar-refractivity contribution in [1.29, 1.82) is 0 Å². The van der Waals surface area contributed by atoms with Crippen LogP contribution in [0.25, 0.3) is 0 Å². The van der Waals surface area contributed by atoms with Crippen molar-refractivity contribution in [1.82, 2.24) is 4.98 Å². The van der Waals surface area contributed by atoms with Gasteiger partial charge in [-0.2, -0.15) is 0 Å². The third kappa shape index (κ3) is 6.07. The van der Waals surface area contributed by atoms with Crippen LogP contribution in [0.15, 0.2) is 24.5 Å². The van der Waals surface area contributed by atoms with Gasteiger partial charge in [0.25, 0.3) is 0 Å². The monoisotopic (exact) mass is 208 g/mol. The van der Waals surface area contributed by atoms with E-state index in [9.17, 15) is 0 Å². The van der Waals surface area contributed by atoms with E-state index >= 15 is 0 Å². The number of aromatic nitrogens is 1. The first-order chi connectivity index (χ1) is 7.29. The van der Waals surface area contributed by atoms with Gasteiger partial charge in [0, 0.05) is 31.2 Å². The van der Waals surface area contributed by atoms with E-state index in [0.717, 1.165) is 37.8 Å². The number of rotatable bonds is 7. The Balaban J connectivity index is 1.98. The highest BCUT2D eigenvalue weighted by Gasteiger charge is 1.94. The molecule has 0 aromatic carbocycles. The number of nitrogens with zero attached hydrogens (tertiary/aromatic N) is 1. The summed E-state index contributed by atoms with van der Waals surface area (Å²) in [6, 6.07) is 3.90. The Morgan fingerprint density at radius 3 is 2.67 bits per heavy atom. The van der Waals surface area contributed by atoms with E-state index in [4.69, 9.17) is 4.74 Å². The van der Waals surface area contributed by atoms with Gasteiger partial charge in [-0.25, -0.2) is 0 Å². The largest absolute Gasteiger partial charge is 0.383 e. The molecule has 3 heteroatoms. The molecule has 1 aromatic heterocycles. The van der Waals surface area contributed by atoms with Crippen LogP contribution in [0.1, 0.15) is 20.3 Å². The fourth-order valence-corrected chi connectivity index (χ4v) is 1.16. The fourth-order valence-electron chi connectivity index (χ4n) is 1.16. The van der Waals surface area contributed by atoms with Gasteiger partial charge in [0.05, 0.1) is 6.61 Å². The van der Waals surface area contributed by atoms with Gasteiger partial charge in [-0.05, 0) is 24.5 Å². The number of hydrogen-bond acceptors (Lipinski definition) is 3. The quantitative estimate of drug-likeness (QED) is 0.699. The van der Waals surface area contributed by atoms with Crippen molar-refractivity contribution in [2.75, 3.05) is 25.1 Å². The smallest absolute Gasteiger partial charge is 0.0639 e.